The Morgan fingerprint density at radius 2 is 1.85 bits per heavy atom. The number of carbonyl (C=O) groups is 3. The van der Waals surface area contributed by atoms with Gasteiger partial charge in [-0.3, -0.25) is 9.59 Å². The summed E-state index contributed by atoms with van der Waals surface area (Å²) in [5.41, 5.74) is 1.47. The van der Waals surface area contributed by atoms with E-state index >= 15 is 0 Å². The number of hydrogen-bond donors (Lipinski definition) is 2. The van der Waals surface area contributed by atoms with E-state index in [0.717, 1.165) is 31.2 Å². The predicted molar refractivity (Wildman–Crippen MR) is 152 cm³/mol. The molecule has 41 heavy (non-hydrogen) atoms. The molecule has 2 fully saturated rings. The van der Waals surface area contributed by atoms with E-state index in [1.165, 1.54) is 7.11 Å². The third-order valence-corrected chi connectivity index (χ3v) is 8.85. The molecule has 0 radical (unpaired) electrons. The number of fused-ring (bicyclic) bond motifs is 1. The van der Waals surface area contributed by atoms with Crippen molar-refractivity contribution in [2.75, 3.05) is 13.7 Å². The summed E-state index contributed by atoms with van der Waals surface area (Å²) in [5.74, 6) is -0.219. The van der Waals surface area contributed by atoms with Gasteiger partial charge in [-0.2, -0.15) is 5.10 Å². The molecule has 5 rings (SSSR count). The van der Waals surface area contributed by atoms with Crippen molar-refractivity contribution in [2.45, 2.75) is 65.0 Å². The monoisotopic (exact) mass is 561 g/mol. The molecule has 2 aliphatic rings. The maximum Gasteiger partial charge on any atom is 0.408 e. The lowest BCUT2D eigenvalue weighted by Crippen LogP contribution is -2.57. The van der Waals surface area contributed by atoms with Gasteiger partial charge in [-0.15, -0.1) is 0 Å². The highest BCUT2D eigenvalue weighted by atomic mass is 16.5. The van der Waals surface area contributed by atoms with Gasteiger partial charge in [0.2, 0.25) is 5.91 Å². The number of amides is 2. The molecule has 1 saturated carbocycles. The van der Waals surface area contributed by atoms with Crippen molar-refractivity contribution in [2.24, 2.45) is 23.2 Å². The van der Waals surface area contributed by atoms with Gasteiger partial charge in [0.1, 0.15) is 6.61 Å². The van der Waals surface area contributed by atoms with Gasteiger partial charge in [-0.25, -0.2) is 14.3 Å². The summed E-state index contributed by atoms with van der Waals surface area (Å²) in [6.45, 7) is 4.88. The zero-order valence-corrected chi connectivity index (χ0v) is 24.0. The molecule has 10 heteroatoms. The van der Waals surface area contributed by atoms with Crippen LogP contribution in [0.15, 0.2) is 48.7 Å². The van der Waals surface area contributed by atoms with Crippen molar-refractivity contribution in [3.05, 3.63) is 65.6 Å². The number of alkyl carbamates (subject to hydrolysis) is 1. The summed E-state index contributed by atoms with van der Waals surface area (Å²) in [5, 5.41) is 10.7. The first-order chi connectivity index (χ1) is 19.8. The summed E-state index contributed by atoms with van der Waals surface area (Å²) < 4.78 is 12.3. The first-order valence-corrected chi connectivity index (χ1v) is 14.5. The second-order valence-corrected chi connectivity index (χ2v) is 11.6. The highest BCUT2D eigenvalue weighted by molar-refractivity contribution is 6.03. The third kappa shape index (κ3) is 6.06. The Kier molecular flexibility index (Phi) is 8.56. The Balaban J connectivity index is 1.39. The van der Waals surface area contributed by atoms with E-state index in [4.69, 9.17) is 19.6 Å². The lowest BCUT2D eigenvalue weighted by Gasteiger charge is -2.38. The molecule has 0 spiro atoms. The Hall–Kier alpha value is -3.95. The van der Waals surface area contributed by atoms with Crippen LogP contribution in [-0.2, 0) is 32.1 Å². The second-order valence-electron chi connectivity index (χ2n) is 11.6. The van der Waals surface area contributed by atoms with Gasteiger partial charge < -0.3 is 20.1 Å². The zero-order valence-electron chi connectivity index (χ0n) is 24.0. The molecule has 3 aromatic rings. The van der Waals surface area contributed by atoms with E-state index in [1.807, 2.05) is 49.5 Å². The summed E-state index contributed by atoms with van der Waals surface area (Å²) in [6, 6.07) is 12.9. The molecule has 1 aliphatic carbocycles. The number of rotatable bonds is 8. The van der Waals surface area contributed by atoms with Crippen molar-refractivity contribution in [3.63, 3.8) is 0 Å². The largest absolute Gasteiger partial charge is 0.468 e. The fourth-order valence-electron chi connectivity index (χ4n) is 6.25. The molecule has 2 N–H and O–H groups in total. The van der Waals surface area contributed by atoms with E-state index < -0.39 is 17.5 Å². The lowest BCUT2D eigenvalue weighted by atomic mass is 9.68. The minimum atomic E-state index is -1.34. The zero-order chi connectivity index (χ0) is 29.0. The number of aromatic nitrogens is 3. The first-order valence-electron chi connectivity index (χ1n) is 14.5. The highest BCUT2D eigenvalue weighted by Gasteiger charge is 2.53. The van der Waals surface area contributed by atoms with Crippen molar-refractivity contribution in [1.82, 2.24) is 25.2 Å². The Labute approximate surface area is 240 Å². The van der Waals surface area contributed by atoms with Crippen molar-refractivity contribution < 1.29 is 23.9 Å². The van der Waals surface area contributed by atoms with Gasteiger partial charge in [0, 0.05) is 13.0 Å². The average molecular weight is 562 g/mol. The van der Waals surface area contributed by atoms with Gasteiger partial charge in [0.15, 0.2) is 11.1 Å². The summed E-state index contributed by atoms with van der Waals surface area (Å²) in [6.07, 6.45) is 6.27. The lowest BCUT2D eigenvalue weighted by molar-refractivity contribution is -0.165. The fraction of sp³-hybridized carbons (Fsp3) is 0.516. The van der Waals surface area contributed by atoms with Crippen LogP contribution in [0.1, 0.15) is 68.9 Å². The number of esters is 1. The number of nitrogens with one attached hydrogen (secondary N) is 2. The molecule has 1 aliphatic heterocycles. The topological polar surface area (TPSA) is 124 Å². The molecule has 0 bridgehead atoms. The number of carbonyl (C=O) groups excluding carboxylic acids is 3. The molecule has 3 heterocycles. The Morgan fingerprint density at radius 1 is 1.10 bits per heavy atom. The van der Waals surface area contributed by atoms with Gasteiger partial charge in [-0.1, -0.05) is 57.0 Å². The van der Waals surface area contributed by atoms with Gasteiger partial charge in [0.05, 0.1) is 30.7 Å². The molecule has 10 nitrogen and oxygen atoms in total. The number of hydrogen-bond acceptors (Lipinski definition) is 7. The maximum atomic E-state index is 13.0. The van der Waals surface area contributed by atoms with Crippen molar-refractivity contribution in [1.29, 1.82) is 0 Å². The van der Waals surface area contributed by atoms with Crippen LogP contribution in [0.2, 0.25) is 0 Å². The number of methoxy groups -OCH3 is 1. The van der Waals surface area contributed by atoms with E-state index in [9.17, 15) is 14.4 Å². The molecule has 218 valence electrons. The normalized spacial score (nSPS) is 25.2. The summed E-state index contributed by atoms with van der Waals surface area (Å²) in [7, 11) is 1.31. The molecule has 2 unspecified atom stereocenters. The number of piperidine rings is 1. The second kappa shape index (κ2) is 12.3. The Morgan fingerprint density at radius 3 is 2.56 bits per heavy atom. The number of imidazole rings is 1. The molecular weight excluding hydrogens is 522 g/mol. The third-order valence-electron chi connectivity index (χ3n) is 8.85. The van der Waals surface area contributed by atoms with Crippen LogP contribution in [0.25, 0.3) is 5.65 Å². The van der Waals surface area contributed by atoms with E-state index in [1.54, 1.807) is 10.6 Å². The molecule has 2 amide bonds. The number of nitrogens with zero attached hydrogens (tertiary/aromatic N) is 3. The summed E-state index contributed by atoms with van der Waals surface area (Å²) in [4.78, 5) is 43.7. The minimum Gasteiger partial charge on any atom is -0.468 e. The molecule has 2 aromatic heterocycles. The molecular formula is C31H39N5O5. The van der Waals surface area contributed by atoms with Gasteiger partial charge in [-0.05, 0) is 54.7 Å². The highest BCUT2D eigenvalue weighted by Crippen LogP contribution is 2.39. The standard InChI is InChI=1S/C31H39N5O5/c1-20-9-11-23(12-10-20)27(34-30(39)41-19-22-7-5-4-6-8-22)25-18-36-26(33-25)14-13-24(35-36)17-31(29(38)40-3)21(2)15-16-32-28(31)37/h4-8,13-14,18,20-21,23,27H,9-12,15-17,19H2,1-3H3,(H,32,37)(H,34,39)/t20?,21?,23?,27-,31?/m0/s1. The summed E-state index contributed by atoms with van der Waals surface area (Å²) >= 11 is 0. The fourth-order valence-corrected chi connectivity index (χ4v) is 6.25. The maximum absolute atomic E-state index is 13.0. The first kappa shape index (κ1) is 28.6. The van der Waals surface area contributed by atoms with Crippen LogP contribution in [0.5, 0.6) is 0 Å². The van der Waals surface area contributed by atoms with Gasteiger partial charge >= 0.3 is 12.1 Å². The van der Waals surface area contributed by atoms with Crippen LogP contribution >= 0.6 is 0 Å². The number of benzene rings is 1. The minimum absolute atomic E-state index is 0.115. The van der Waals surface area contributed by atoms with Crippen LogP contribution < -0.4 is 10.6 Å². The molecule has 3 atom stereocenters. The van der Waals surface area contributed by atoms with Crippen LogP contribution in [0.3, 0.4) is 0 Å². The smallest absolute Gasteiger partial charge is 0.408 e. The average Bonchev–Trinajstić information content (AvgIpc) is 3.40. The quantitative estimate of drug-likeness (QED) is 0.309. The van der Waals surface area contributed by atoms with E-state index in [2.05, 4.69) is 17.6 Å². The number of ether oxygens (including phenoxy) is 2. The van der Waals surface area contributed by atoms with Crippen molar-refractivity contribution in [3.8, 4) is 0 Å². The van der Waals surface area contributed by atoms with Crippen LogP contribution in [0, 0.1) is 23.2 Å². The van der Waals surface area contributed by atoms with Crippen molar-refractivity contribution >= 4 is 23.6 Å². The Bertz CT molecular complexity index is 1370. The predicted octanol–water partition coefficient (Wildman–Crippen LogP) is 4.38. The van der Waals surface area contributed by atoms with Crippen LogP contribution in [0.4, 0.5) is 4.79 Å². The van der Waals surface area contributed by atoms with E-state index in [0.29, 0.717) is 35.9 Å². The SMILES string of the molecule is COC(=O)C1(Cc2ccc3nc([C@@H](NC(=O)OCc4ccccc4)C4CCC(C)CC4)cn3n2)C(=O)NCCC1C. The molecule has 1 aromatic carbocycles. The van der Waals surface area contributed by atoms with Gasteiger partial charge in [0.25, 0.3) is 0 Å². The van der Waals surface area contributed by atoms with E-state index in [-0.39, 0.29) is 36.8 Å². The van der Waals surface area contributed by atoms with Crippen LogP contribution in [-0.4, -0.2) is 46.2 Å². The molecule has 1 saturated heterocycles.